The second-order valence-corrected chi connectivity index (χ2v) is 9.38. The van der Waals surface area contributed by atoms with Crippen LogP contribution in [-0.2, 0) is 26.3 Å². The molecule has 7 nitrogen and oxygen atoms in total. The van der Waals surface area contributed by atoms with E-state index in [0.29, 0.717) is 5.56 Å². The summed E-state index contributed by atoms with van der Waals surface area (Å²) < 4.78 is 74.5. The zero-order chi connectivity index (χ0) is 28.8. The molecule has 1 atom stereocenters. The van der Waals surface area contributed by atoms with Crippen LogP contribution in [0.25, 0.3) is 0 Å². The Kier molecular flexibility index (Phi) is 8.96. The monoisotopic (exact) mass is 548 g/mol. The van der Waals surface area contributed by atoms with Gasteiger partial charge in [-0.3, -0.25) is 4.79 Å². The third-order valence-electron chi connectivity index (χ3n) is 6.16. The summed E-state index contributed by atoms with van der Waals surface area (Å²) >= 11 is 0. The first-order valence-corrected chi connectivity index (χ1v) is 11.8. The Balaban J connectivity index is 2.07. The minimum Gasteiger partial charge on any atom is -0.496 e. The summed E-state index contributed by atoms with van der Waals surface area (Å²) in [7, 11) is 2.47. The van der Waals surface area contributed by atoms with Crippen molar-refractivity contribution in [1.29, 1.82) is 0 Å². The minimum absolute atomic E-state index is 0.0391. The van der Waals surface area contributed by atoms with Gasteiger partial charge in [0, 0.05) is 18.2 Å². The van der Waals surface area contributed by atoms with E-state index in [1.54, 1.807) is 30.3 Å². The van der Waals surface area contributed by atoms with Crippen molar-refractivity contribution >= 4 is 17.7 Å². The number of anilines is 1. The van der Waals surface area contributed by atoms with E-state index in [0.717, 1.165) is 25.4 Å². The lowest BCUT2D eigenvalue weighted by Gasteiger charge is -2.40. The topological polar surface area (TPSA) is 86.8 Å². The van der Waals surface area contributed by atoms with Crippen molar-refractivity contribution in [2.45, 2.75) is 44.1 Å². The molecule has 0 bridgehead atoms. The highest BCUT2D eigenvalue weighted by molar-refractivity contribution is 5.98. The quantitative estimate of drug-likeness (QED) is 0.253. The average Bonchev–Trinajstić information content (AvgIpc) is 2.90. The molecule has 208 valence electrons. The van der Waals surface area contributed by atoms with Gasteiger partial charge in [0.1, 0.15) is 17.4 Å². The Morgan fingerprint density at radius 2 is 1.67 bits per heavy atom. The van der Waals surface area contributed by atoms with Gasteiger partial charge in [0.25, 0.3) is 5.91 Å². The molecule has 0 spiro atoms. The number of esters is 1. The Morgan fingerprint density at radius 1 is 0.974 bits per heavy atom. The number of ether oxygens (including phenoxy) is 3. The Hall–Kier alpha value is -3.99. The van der Waals surface area contributed by atoms with E-state index in [1.165, 1.54) is 39.2 Å². The van der Waals surface area contributed by atoms with Gasteiger partial charge in [-0.25, -0.2) is 14.2 Å². The molecule has 0 aliphatic rings. The third kappa shape index (κ3) is 6.72. The number of benzene rings is 2. The molecule has 0 fully saturated rings. The van der Waals surface area contributed by atoms with Crippen LogP contribution in [0.3, 0.4) is 0 Å². The van der Waals surface area contributed by atoms with Crippen molar-refractivity contribution in [3.05, 3.63) is 89.4 Å². The predicted molar refractivity (Wildman–Crippen MR) is 135 cm³/mol. The third-order valence-corrected chi connectivity index (χ3v) is 6.16. The number of nitrogens with zero attached hydrogens (tertiary/aromatic N) is 1. The van der Waals surface area contributed by atoms with Crippen LogP contribution in [0.1, 0.15) is 41.8 Å². The number of hydrogen-bond acceptors (Lipinski definition) is 6. The largest absolute Gasteiger partial charge is 0.496 e. The summed E-state index contributed by atoms with van der Waals surface area (Å²) in [5.74, 6) is -3.01. The number of rotatable bonds is 10. The summed E-state index contributed by atoms with van der Waals surface area (Å²) in [6, 6.07) is 14.0. The molecular formula is C28H28F4N2O5. The minimum atomic E-state index is -5.21. The molecule has 0 saturated heterocycles. The maximum absolute atomic E-state index is 15.0. The van der Waals surface area contributed by atoms with Gasteiger partial charge in [0.2, 0.25) is 5.60 Å². The number of carbonyl (C=O) groups excluding carboxylic acids is 2. The van der Waals surface area contributed by atoms with Crippen LogP contribution < -0.4 is 10.1 Å². The number of amides is 1. The first-order chi connectivity index (χ1) is 18.3. The summed E-state index contributed by atoms with van der Waals surface area (Å²) in [4.78, 5) is 29.1. The van der Waals surface area contributed by atoms with Crippen LogP contribution in [0.4, 0.5) is 23.4 Å². The molecule has 3 rings (SSSR count). The standard InChI is InChI=1S/C28H28F4N2O5/c1-26(2,21-14-20(29)11-12-22(21)37-3)17-27(28(30,31)32,39-16-18-8-6-5-7-9-18)25(36)34-23-13-10-19(15-33-23)24(35)38-4/h5-15H,16-17H2,1-4H3,(H,33,34,36). The number of pyridine rings is 1. The number of halogens is 4. The van der Waals surface area contributed by atoms with Crippen LogP contribution in [0.2, 0.25) is 0 Å². The molecule has 0 aliphatic carbocycles. The van der Waals surface area contributed by atoms with Crippen molar-refractivity contribution < 1.29 is 41.4 Å². The number of methoxy groups -OCH3 is 2. The predicted octanol–water partition coefficient (Wildman–Crippen LogP) is 5.84. The average molecular weight is 549 g/mol. The van der Waals surface area contributed by atoms with Gasteiger partial charge in [-0.05, 0) is 41.3 Å². The Labute approximate surface area is 223 Å². The molecule has 1 aromatic heterocycles. The number of aromatic nitrogens is 1. The zero-order valence-corrected chi connectivity index (χ0v) is 21.8. The van der Waals surface area contributed by atoms with Crippen molar-refractivity contribution in [2.24, 2.45) is 0 Å². The number of alkyl halides is 3. The fourth-order valence-corrected chi connectivity index (χ4v) is 4.14. The summed E-state index contributed by atoms with van der Waals surface area (Å²) in [6.07, 6.45) is -5.08. The lowest BCUT2D eigenvalue weighted by molar-refractivity contribution is -0.274. The molecular weight excluding hydrogens is 520 g/mol. The van der Waals surface area contributed by atoms with Crippen molar-refractivity contribution in [3.63, 3.8) is 0 Å². The fraction of sp³-hybridized carbons (Fsp3) is 0.321. The van der Waals surface area contributed by atoms with Gasteiger partial charge in [-0.1, -0.05) is 44.2 Å². The van der Waals surface area contributed by atoms with Crippen LogP contribution in [0, 0.1) is 5.82 Å². The summed E-state index contributed by atoms with van der Waals surface area (Å²) in [5, 5.41) is 2.17. The van der Waals surface area contributed by atoms with Gasteiger partial charge in [-0.15, -0.1) is 0 Å². The molecule has 1 amide bonds. The first kappa shape index (κ1) is 29.6. The highest BCUT2D eigenvalue weighted by atomic mass is 19.4. The van der Waals surface area contributed by atoms with Crippen molar-refractivity contribution in [2.75, 3.05) is 19.5 Å². The molecule has 1 unspecified atom stereocenters. The van der Waals surface area contributed by atoms with E-state index >= 15 is 0 Å². The van der Waals surface area contributed by atoms with Gasteiger partial charge in [0.15, 0.2) is 0 Å². The molecule has 0 radical (unpaired) electrons. The van der Waals surface area contributed by atoms with E-state index < -0.39 is 47.9 Å². The van der Waals surface area contributed by atoms with E-state index in [1.807, 2.05) is 0 Å². The molecule has 1 N–H and O–H groups in total. The normalized spacial score (nSPS) is 13.3. The van der Waals surface area contributed by atoms with Gasteiger partial charge < -0.3 is 19.5 Å². The summed E-state index contributed by atoms with van der Waals surface area (Å²) in [6.45, 7) is 2.33. The number of nitrogens with one attached hydrogen (secondary N) is 1. The number of hydrogen-bond donors (Lipinski definition) is 1. The van der Waals surface area contributed by atoms with E-state index in [-0.39, 0.29) is 22.7 Å². The molecule has 2 aromatic carbocycles. The fourth-order valence-electron chi connectivity index (χ4n) is 4.14. The van der Waals surface area contributed by atoms with Crippen molar-refractivity contribution in [3.8, 4) is 5.75 Å². The van der Waals surface area contributed by atoms with Crippen molar-refractivity contribution in [1.82, 2.24) is 4.98 Å². The van der Waals surface area contributed by atoms with E-state index in [4.69, 9.17) is 9.47 Å². The Morgan fingerprint density at radius 3 is 2.23 bits per heavy atom. The van der Waals surface area contributed by atoms with Crippen LogP contribution >= 0.6 is 0 Å². The lowest BCUT2D eigenvalue weighted by atomic mass is 9.74. The highest BCUT2D eigenvalue weighted by Gasteiger charge is 2.64. The lowest BCUT2D eigenvalue weighted by Crippen LogP contribution is -2.59. The zero-order valence-electron chi connectivity index (χ0n) is 21.8. The van der Waals surface area contributed by atoms with Crippen LogP contribution in [0.5, 0.6) is 5.75 Å². The SMILES string of the molecule is COC(=O)c1ccc(NC(=O)C(CC(C)(C)c2cc(F)ccc2OC)(OCc2ccccc2)C(F)(F)F)nc1. The second kappa shape index (κ2) is 11.8. The highest BCUT2D eigenvalue weighted by Crippen LogP contribution is 2.46. The Bertz CT molecular complexity index is 1300. The van der Waals surface area contributed by atoms with Crippen LogP contribution in [-0.4, -0.2) is 42.9 Å². The van der Waals surface area contributed by atoms with E-state index in [9.17, 15) is 27.2 Å². The maximum atomic E-state index is 15.0. The maximum Gasteiger partial charge on any atom is 0.426 e. The smallest absolute Gasteiger partial charge is 0.426 e. The molecule has 3 aromatic rings. The van der Waals surface area contributed by atoms with E-state index in [2.05, 4.69) is 15.0 Å². The van der Waals surface area contributed by atoms with Gasteiger partial charge >= 0.3 is 12.1 Å². The summed E-state index contributed by atoms with van der Waals surface area (Å²) in [5.41, 5.74) is -4.31. The molecule has 11 heteroatoms. The number of carbonyl (C=O) groups is 2. The molecule has 39 heavy (non-hydrogen) atoms. The van der Waals surface area contributed by atoms with Gasteiger partial charge in [0.05, 0.1) is 26.4 Å². The molecule has 0 saturated carbocycles. The molecule has 1 heterocycles. The van der Waals surface area contributed by atoms with Gasteiger partial charge in [-0.2, -0.15) is 13.2 Å². The second-order valence-electron chi connectivity index (χ2n) is 9.38. The first-order valence-electron chi connectivity index (χ1n) is 11.8. The molecule has 0 aliphatic heterocycles. The van der Waals surface area contributed by atoms with Crippen LogP contribution in [0.15, 0.2) is 66.9 Å².